The molecular formula is C15H11BrF4N2O3S. The van der Waals surface area contributed by atoms with Gasteiger partial charge in [-0.3, -0.25) is 9.52 Å². The van der Waals surface area contributed by atoms with Crippen LogP contribution in [-0.4, -0.2) is 27.0 Å². The predicted molar refractivity (Wildman–Crippen MR) is 89.7 cm³/mol. The molecule has 0 bridgehead atoms. The van der Waals surface area contributed by atoms with Crippen LogP contribution in [0.15, 0.2) is 51.8 Å². The lowest BCUT2D eigenvalue weighted by molar-refractivity contribution is -0.123. The van der Waals surface area contributed by atoms with E-state index in [9.17, 15) is 30.8 Å². The molecule has 0 aliphatic rings. The Labute approximate surface area is 154 Å². The number of hydrogen-bond donors (Lipinski definition) is 2. The summed E-state index contributed by atoms with van der Waals surface area (Å²) >= 11 is 3.02. The second-order valence-corrected chi connectivity index (χ2v) is 7.59. The molecule has 0 fully saturated rings. The Morgan fingerprint density at radius 3 is 2.23 bits per heavy atom. The first-order chi connectivity index (χ1) is 12.0. The van der Waals surface area contributed by atoms with Gasteiger partial charge >= 0.3 is 6.18 Å². The normalized spacial score (nSPS) is 11.9. The molecule has 0 saturated carbocycles. The minimum Gasteiger partial charge on any atom is -0.343 e. The number of hydrogen-bond acceptors (Lipinski definition) is 3. The summed E-state index contributed by atoms with van der Waals surface area (Å²) in [5.74, 6) is -1.55. The van der Waals surface area contributed by atoms with E-state index in [0.29, 0.717) is 0 Å². The van der Waals surface area contributed by atoms with Crippen LogP contribution in [0.25, 0.3) is 0 Å². The zero-order valence-corrected chi connectivity index (χ0v) is 15.2. The first-order valence-electron chi connectivity index (χ1n) is 6.91. The Bertz CT molecular complexity index is 915. The van der Waals surface area contributed by atoms with E-state index in [1.807, 2.05) is 0 Å². The molecule has 0 unspecified atom stereocenters. The molecule has 0 atom stereocenters. The van der Waals surface area contributed by atoms with Gasteiger partial charge in [0.25, 0.3) is 15.9 Å². The van der Waals surface area contributed by atoms with E-state index in [4.69, 9.17) is 0 Å². The van der Waals surface area contributed by atoms with Gasteiger partial charge in [0.2, 0.25) is 0 Å². The zero-order valence-electron chi connectivity index (χ0n) is 12.8. The topological polar surface area (TPSA) is 75.3 Å². The number of alkyl halides is 3. The van der Waals surface area contributed by atoms with E-state index < -0.39 is 34.5 Å². The molecule has 0 saturated heterocycles. The number of carbonyl (C=O) groups is 1. The van der Waals surface area contributed by atoms with Gasteiger partial charge in [0.15, 0.2) is 0 Å². The molecule has 0 aliphatic heterocycles. The highest BCUT2D eigenvalue weighted by molar-refractivity contribution is 9.10. The van der Waals surface area contributed by atoms with Gasteiger partial charge < -0.3 is 5.32 Å². The molecule has 2 aromatic carbocycles. The van der Waals surface area contributed by atoms with Crippen LogP contribution in [0.5, 0.6) is 0 Å². The lowest BCUT2D eigenvalue weighted by Crippen LogP contribution is -2.33. The molecule has 0 radical (unpaired) electrons. The number of nitrogens with one attached hydrogen (secondary N) is 2. The van der Waals surface area contributed by atoms with Gasteiger partial charge in [-0.25, -0.2) is 12.8 Å². The van der Waals surface area contributed by atoms with Crippen molar-refractivity contribution in [3.63, 3.8) is 0 Å². The van der Waals surface area contributed by atoms with Crippen molar-refractivity contribution in [1.29, 1.82) is 0 Å². The van der Waals surface area contributed by atoms with Crippen molar-refractivity contribution in [2.45, 2.75) is 11.1 Å². The minimum absolute atomic E-state index is 0.0957. The average molecular weight is 455 g/mol. The molecule has 140 valence electrons. The van der Waals surface area contributed by atoms with E-state index >= 15 is 0 Å². The third-order valence-corrected chi connectivity index (χ3v) is 5.09. The Kier molecular flexibility index (Phi) is 5.91. The molecule has 26 heavy (non-hydrogen) atoms. The first kappa shape index (κ1) is 20.2. The van der Waals surface area contributed by atoms with Gasteiger partial charge in [-0.2, -0.15) is 13.2 Å². The maximum absolute atomic E-state index is 13.0. The summed E-state index contributed by atoms with van der Waals surface area (Å²) < 4.78 is 76.3. The summed E-state index contributed by atoms with van der Waals surface area (Å²) in [5, 5.41) is 1.68. The lowest BCUT2D eigenvalue weighted by atomic mass is 10.2. The van der Waals surface area contributed by atoms with E-state index in [0.717, 1.165) is 36.4 Å². The quantitative estimate of drug-likeness (QED) is 0.676. The second kappa shape index (κ2) is 7.62. The zero-order chi connectivity index (χ0) is 19.5. The lowest BCUT2D eigenvalue weighted by Gasteiger charge is -2.11. The molecule has 1 amide bonds. The highest BCUT2D eigenvalue weighted by atomic mass is 79.9. The smallest absolute Gasteiger partial charge is 0.343 e. The molecule has 2 N–H and O–H groups in total. The summed E-state index contributed by atoms with van der Waals surface area (Å²) in [6, 6.07) is 7.67. The van der Waals surface area contributed by atoms with Crippen molar-refractivity contribution in [3.05, 3.63) is 58.3 Å². The van der Waals surface area contributed by atoms with Crippen LogP contribution in [0, 0.1) is 5.82 Å². The summed E-state index contributed by atoms with van der Waals surface area (Å²) in [6.07, 6.45) is -4.55. The molecule has 0 heterocycles. The van der Waals surface area contributed by atoms with E-state index in [1.165, 1.54) is 6.07 Å². The molecule has 11 heteroatoms. The van der Waals surface area contributed by atoms with Crippen molar-refractivity contribution < 1.29 is 30.8 Å². The summed E-state index contributed by atoms with van der Waals surface area (Å²) in [6.45, 7) is -1.49. The van der Waals surface area contributed by atoms with Crippen molar-refractivity contribution in [1.82, 2.24) is 5.32 Å². The largest absolute Gasteiger partial charge is 0.405 e. The number of halogens is 5. The Morgan fingerprint density at radius 1 is 1.08 bits per heavy atom. The standard InChI is InChI=1S/C15H11BrF4N2O3S/c16-12-7-10(17)3-6-13(12)22-26(24,25)11-4-1-9(2-5-11)14(23)21-8-15(18,19)20/h1-7,22H,8H2,(H,21,23). The molecule has 0 aromatic heterocycles. The first-order valence-corrected chi connectivity index (χ1v) is 9.18. The predicted octanol–water partition coefficient (Wildman–Crippen LogP) is 3.68. The van der Waals surface area contributed by atoms with Crippen LogP contribution in [0.3, 0.4) is 0 Å². The van der Waals surface area contributed by atoms with Crippen molar-refractivity contribution in [2.24, 2.45) is 0 Å². The van der Waals surface area contributed by atoms with E-state index in [-0.39, 0.29) is 20.6 Å². The van der Waals surface area contributed by atoms with Crippen LogP contribution in [0.4, 0.5) is 23.2 Å². The van der Waals surface area contributed by atoms with Crippen LogP contribution >= 0.6 is 15.9 Å². The summed E-state index contributed by atoms with van der Waals surface area (Å²) in [7, 11) is -4.04. The highest BCUT2D eigenvalue weighted by Crippen LogP contribution is 2.26. The van der Waals surface area contributed by atoms with Gasteiger partial charge in [-0.15, -0.1) is 0 Å². The molecule has 5 nitrogen and oxygen atoms in total. The van der Waals surface area contributed by atoms with Gasteiger partial charge in [-0.1, -0.05) is 0 Å². The number of anilines is 1. The number of benzene rings is 2. The maximum Gasteiger partial charge on any atom is 0.405 e. The third kappa shape index (κ3) is 5.43. The second-order valence-electron chi connectivity index (χ2n) is 5.05. The average Bonchev–Trinajstić information content (AvgIpc) is 2.54. The Morgan fingerprint density at radius 2 is 1.69 bits per heavy atom. The van der Waals surface area contributed by atoms with E-state index in [2.05, 4.69) is 20.7 Å². The minimum atomic E-state index is -4.55. The fourth-order valence-corrected chi connectivity index (χ4v) is 3.50. The Balaban J connectivity index is 2.14. The van der Waals surface area contributed by atoms with Crippen molar-refractivity contribution in [3.8, 4) is 0 Å². The van der Waals surface area contributed by atoms with Crippen LogP contribution in [-0.2, 0) is 10.0 Å². The fourth-order valence-electron chi connectivity index (χ4n) is 1.84. The van der Waals surface area contributed by atoms with Gasteiger partial charge in [0.1, 0.15) is 12.4 Å². The number of sulfonamides is 1. The molecule has 2 aromatic rings. The molecule has 0 aliphatic carbocycles. The van der Waals surface area contributed by atoms with Crippen LogP contribution in [0.2, 0.25) is 0 Å². The van der Waals surface area contributed by atoms with Crippen LogP contribution in [0.1, 0.15) is 10.4 Å². The molecule has 2 rings (SSSR count). The van der Waals surface area contributed by atoms with Gasteiger partial charge in [0.05, 0.1) is 10.6 Å². The fraction of sp³-hybridized carbons (Fsp3) is 0.133. The van der Waals surface area contributed by atoms with Gasteiger partial charge in [0, 0.05) is 10.0 Å². The van der Waals surface area contributed by atoms with Crippen molar-refractivity contribution in [2.75, 3.05) is 11.3 Å². The van der Waals surface area contributed by atoms with Gasteiger partial charge in [-0.05, 0) is 58.4 Å². The number of carbonyl (C=O) groups excluding carboxylic acids is 1. The highest BCUT2D eigenvalue weighted by Gasteiger charge is 2.28. The molecule has 0 spiro atoms. The number of rotatable bonds is 5. The third-order valence-electron chi connectivity index (χ3n) is 3.05. The van der Waals surface area contributed by atoms with Crippen LogP contribution < -0.4 is 10.0 Å². The monoisotopic (exact) mass is 454 g/mol. The Hall–Kier alpha value is -2.14. The molecular weight excluding hydrogens is 444 g/mol. The SMILES string of the molecule is O=C(NCC(F)(F)F)c1ccc(S(=O)(=O)Nc2ccc(F)cc2Br)cc1. The maximum atomic E-state index is 13.0. The van der Waals surface area contributed by atoms with Crippen molar-refractivity contribution >= 4 is 37.5 Å². The van der Waals surface area contributed by atoms with E-state index in [1.54, 1.807) is 5.32 Å². The number of amides is 1. The summed E-state index contributed by atoms with van der Waals surface area (Å²) in [5.41, 5.74) is -0.0328. The summed E-state index contributed by atoms with van der Waals surface area (Å²) in [4.78, 5) is 11.4.